The van der Waals surface area contributed by atoms with Gasteiger partial charge in [0, 0.05) is 0 Å². The molecule has 2 nitrogen and oxygen atoms in total. The van der Waals surface area contributed by atoms with Crippen molar-refractivity contribution in [2.45, 2.75) is 38.5 Å². The normalized spacial score (nSPS) is 27.1. The Bertz CT molecular complexity index is 190. The van der Waals surface area contributed by atoms with Crippen LogP contribution >= 0.6 is 0 Å². The lowest BCUT2D eigenvalue weighted by Gasteiger charge is -2.48. The quantitative estimate of drug-likeness (QED) is 0.590. The van der Waals surface area contributed by atoms with Crippen molar-refractivity contribution in [1.82, 2.24) is 0 Å². The highest BCUT2D eigenvalue weighted by atomic mass is 16.5. The zero-order chi connectivity index (χ0) is 8.60. The van der Waals surface area contributed by atoms with E-state index in [9.17, 15) is 4.79 Å². The summed E-state index contributed by atoms with van der Waals surface area (Å²) in [5, 5.41) is 0. The third-order valence-corrected chi connectivity index (χ3v) is 3.72. The van der Waals surface area contributed by atoms with E-state index >= 15 is 0 Å². The number of rotatable bonds is 2. The molecule has 12 heavy (non-hydrogen) atoms. The van der Waals surface area contributed by atoms with Crippen LogP contribution in [-0.2, 0) is 9.53 Å². The van der Waals surface area contributed by atoms with Crippen molar-refractivity contribution in [3.05, 3.63) is 0 Å². The minimum Gasteiger partial charge on any atom is -0.469 e. The predicted octanol–water partition coefficient (Wildman–Crippen LogP) is 2.13. The lowest BCUT2D eigenvalue weighted by molar-refractivity contribution is -0.167. The van der Waals surface area contributed by atoms with Gasteiger partial charge in [0.15, 0.2) is 0 Å². The molecule has 0 spiro atoms. The van der Waals surface area contributed by atoms with Gasteiger partial charge in [-0.15, -0.1) is 0 Å². The molecule has 0 radical (unpaired) electrons. The number of hydrogen-bond donors (Lipinski definition) is 0. The molecule has 68 valence electrons. The van der Waals surface area contributed by atoms with Crippen molar-refractivity contribution in [2.75, 3.05) is 7.11 Å². The average molecular weight is 168 g/mol. The topological polar surface area (TPSA) is 26.3 Å². The maximum Gasteiger partial charge on any atom is 0.312 e. The summed E-state index contributed by atoms with van der Waals surface area (Å²) >= 11 is 0. The maximum atomic E-state index is 11.5. The number of hydrogen-bond acceptors (Lipinski definition) is 2. The highest BCUT2D eigenvalue weighted by Crippen LogP contribution is 2.54. The molecular weight excluding hydrogens is 152 g/mol. The SMILES string of the molecule is COC(=O)C1(C2CCC2)CCC1. The number of methoxy groups -OCH3 is 1. The van der Waals surface area contributed by atoms with Crippen LogP contribution in [0.4, 0.5) is 0 Å². The summed E-state index contributed by atoms with van der Waals surface area (Å²) < 4.78 is 4.88. The van der Waals surface area contributed by atoms with Gasteiger partial charge < -0.3 is 4.74 Å². The monoisotopic (exact) mass is 168 g/mol. The van der Waals surface area contributed by atoms with Gasteiger partial charge in [-0.3, -0.25) is 4.79 Å². The largest absolute Gasteiger partial charge is 0.469 e. The van der Waals surface area contributed by atoms with E-state index in [-0.39, 0.29) is 11.4 Å². The van der Waals surface area contributed by atoms with Crippen molar-refractivity contribution in [1.29, 1.82) is 0 Å². The van der Waals surface area contributed by atoms with Crippen LogP contribution in [0.1, 0.15) is 38.5 Å². The maximum absolute atomic E-state index is 11.5. The van der Waals surface area contributed by atoms with Crippen molar-refractivity contribution in [2.24, 2.45) is 11.3 Å². The summed E-state index contributed by atoms with van der Waals surface area (Å²) in [5.41, 5.74) is -0.0347. The number of carbonyl (C=O) groups is 1. The van der Waals surface area contributed by atoms with Crippen LogP contribution in [0, 0.1) is 11.3 Å². The molecule has 0 bridgehead atoms. The Morgan fingerprint density at radius 1 is 1.33 bits per heavy atom. The molecule has 0 saturated heterocycles. The van der Waals surface area contributed by atoms with Crippen LogP contribution in [0.15, 0.2) is 0 Å². The zero-order valence-electron chi connectivity index (χ0n) is 7.64. The Morgan fingerprint density at radius 2 is 2.00 bits per heavy atom. The Kier molecular flexibility index (Phi) is 1.85. The summed E-state index contributed by atoms with van der Waals surface area (Å²) in [7, 11) is 1.51. The molecule has 2 rings (SSSR count). The third-order valence-electron chi connectivity index (χ3n) is 3.72. The molecule has 0 aliphatic heterocycles. The fraction of sp³-hybridized carbons (Fsp3) is 0.900. The first-order chi connectivity index (χ1) is 5.79. The first-order valence-corrected chi connectivity index (χ1v) is 4.88. The van der Waals surface area contributed by atoms with Crippen LogP contribution in [-0.4, -0.2) is 13.1 Å². The van der Waals surface area contributed by atoms with Crippen LogP contribution in [0.2, 0.25) is 0 Å². The third kappa shape index (κ3) is 0.900. The minimum atomic E-state index is -0.0347. The van der Waals surface area contributed by atoms with Crippen LogP contribution < -0.4 is 0 Å². The lowest BCUT2D eigenvalue weighted by atomic mass is 9.55. The van der Waals surface area contributed by atoms with Gasteiger partial charge in [-0.2, -0.15) is 0 Å². The summed E-state index contributed by atoms with van der Waals surface area (Å²) in [6.07, 6.45) is 7.16. The first-order valence-electron chi connectivity index (χ1n) is 4.88. The molecule has 0 aromatic rings. The number of ether oxygens (including phenoxy) is 1. The van der Waals surface area contributed by atoms with Gasteiger partial charge in [0.2, 0.25) is 0 Å². The lowest BCUT2D eigenvalue weighted by Crippen LogP contribution is -2.47. The molecule has 2 heteroatoms. The Morgan fingerprint density at radius 3 is 2.25 bits per heavy atom. The van der Waals surface area contributed by atoms with E-state index in [0.717, 1.165) is 12.8 Å². The second-order valence-electron chi connectivity index (χ2n) is 4.13. The zero-order valence-corrected chi connectivity index (χ0v) is 7.64. The van der Waals surface area contributed by atoms with Crippen LogP contribution in [0.3, 0.4) is 0 Å². The van der Waals surface area contributed by atoms with E-state index in [1.807, 2.05) is 0 Å². The summed E-state index contributed by atoms with van der Waals surface area (Å²) in [4.78, 5) is 11.5. The van der Waals surface area contributed by atoms with Crippen LogP contribution in [0.25, 0.3) is 0 Å². The number of esters is 1. The highest BCUT2D eigenvalue weighted by Gasteiger charge is 2.52. The summed E-state index contributed by atoms with van der Waals surface area (Å²) in [5.74, 6) is 0.706. The van der Waals surface area contributed by atoms with Gasteiger partial charge in [0.05, 0.1) is 12.5 Å². The van der Waals surface area contributed by atoms with Gasteiger partial charge >= 0.3 is 5.97 Å². The van der Waals surface area contributed by atoms with Crippen molar-refractivity contribution in [3.63, 3.8) is 0 Å². The molecule has 0 unspecified atom stereocenters. The van der Waals surface area contributed by atoms with Gasteiger partial charge in [0.1, 0.15) is 0 Å². The van der Waals surface area contributed by atoms with Crippen molar-refractivity contribution in [3.8, 4) is 0 Å². The highest BCUT2D eigenvalue weighted by molar-refractivity contribution is 5.78. The van der Waals surface area contributed by atoms with Crippen molar-refractivity contribution < 1.29 is 9.53 Å². The van der Waals surface area contributed by atoms with E-state index in [4.69, 9.17) is 4.74 Å². The Hall–Kier alpha value is -0.530. The van der Waals surface area contributed by atoms with Crippen LogP contribution in [0.5, 0.6) is 0 Å². The molecule has 0 amide bonds. The second-order valence-corrected chi connectivity index (χ2v) is 4.13. The van der Waals surface area contributed by atoms with Gasteiger partial charge in [-0.1, -0.05) is 12.8 Å². The number of carbonyl (C=O) groups excluding carboxylic acids is 1. The summed E-state index contributed by atoms with van der Waals surface area (Å²) in [6.45, 7) is 0. The fourth-order valence-corrected chi connectivity index (χ4v) is 2.50. The minimum absolute atomic E-state index is 0.0347. The predicted molar refractivity (Wildman–Crippen MR) is 45.6 cm³/mol. The second kappa shape index (κ2) is 2.75. The molecule has 0 N–H and O–H groups in total. The smallest absolute Gasteiger partial charge is 0.312 e. The first kappa shape index (κ1) is 8.09. The van der Waals surface area contributed by atoms with Gasteiger partial charge in [-0.05, 0) is 31.6 Å². The molecule has 2 aliphatic rings. The van der Waals surface area contributed by atoms with Gasteiger partial charge in [0.25, 0.3) is 0 Å². The fourth-order valence-electron chi connectivity index (χ4n) is 2.50. The molecule has 0 heterocycles. The molecule has 0 aromatic heterocycles. The molecule has 0 aromatic carbocycles. The van der Waals surface area contributed by atoms with Gasteiger partial charge in [-0.25, -0.2) is 0 Å². The Balaban J connectivity index is 2.07. The van der Waals surface area contributed by atoms with E-state index in [1.165, 1.54) is 32.8 Å². The molecule has 2 aliphatic carbocycles. The van der Waals surface area contributed by atoms with E-state index in [2.05, 4.69) is 0 Å². The van der Waals surface area contributed by atoms with E-state index < -0.39 is 0 Å². The standard InChI is InChI=1S/C10H16O2/c1-12-9(11)10(6-3-7-10)8-4-2-5-8/h8H,2-7H2,1H3. The molecular formula is C10H16O2. The van der Waals surface area contributed by atoms with E-state index in [1.54, 1.807) is 0 Å². The summed E-state index contributed by atoms with van der Waals surface area (Å²) in [6, 6.07) is 0. The average Bonchev–Trinajstić information content (AvgIpc) is 1.91. The van der Waals surface area contributed by atoms with E-state index in [0.29, 0.717) is 5.92 Å². The molecule has 0 atom stereocenters. The van der Waals surface area contributed by atoms with Crippen molar-refractivity contribution >= 4 is 5.97 Å². The Labute approximate surface area is 73.3 Å². The molecule has 2 fully saturated rings. The molecule has 2 saturated carbocycles.